The molecule has 2 rings (SSSR count). The number of fused-ring (bicyclic) bond motifs is 1. The number of sulfonamides is 1. The molecule has 0 spiro atoms. The zero-order valence-electron chi connectivity index (χ0n) is 8.75. The molecule has 86 valence electrons. The first-order valence-corrected chi connectivity index (χ1v) is 6.37. The molecular formula is C10H12N2O3S. The third-order valence-corrected chi connectivity index (χ3v) is 3.68. The van der Waals surface area contributed by atoms with Gasteiger partial charge in [-0.25, -0.2) is 13.6 Å². The molecule has 16 heavy (non-hydrogen) atoms. The third kappa shape index (κ3) is 1.70. The van der Waals surface area contributed by atoms with Crippen molar-refractivity contribution in [1.82, 2.24) is 0 Å². The lowest BCUT2D eigenvalue weighted by Crippen LogP contribution is -2.27. The van der Waals surface area contributed by atoms with E-state index in [1.807, 2.05) is 6.92 Å². The lowest BCUT2D eigenvalue weighted by molar-refractivity contribution is -0.107. The largest absolute Gasteiger partial charge is 0.312 e. The molecule has 1 aromatic rings. The summed E-state index contributed by atoms with van der Waals surface area (Å²) in [4.78, 5) is 12.4. The van der Waals surface area contributed by atoms with Crippen molar-refractivity contribution in [2.75, 3.05) is 4.90 Å². The molecule has 0 aromatic heterocycles. The Morgan fingerprint density at radius 3 is 2.75 bits per heavy atom. The number of anilines is 1. The number of hydrogen-bond acceptors (Lipinski definition) is 3. The average Bonchev–Trinajstić information content (AvgIpc) is 2.50. The van der Waals surface area contributed by atoms with Gasteiger partial charge in [-0.15, -0.1) is 0 Å². The summed E-state index contributed by atoms with van der Waals surface area (Å²) in [5.41, 5.74) is 1.60. The lowest BCUT2D eigenvalue weighted by atomic mass is 10.1. The predicted octanol–water partition coefficient (Wildman–Crippen LogP) is 0.241. The maximum atomic E-state index is 11.2. The lowest BCUT2D eigenvalue weighted by Gasteiger charge is -2.16. The average molecular weight is 240 g/mol. The van der Waals surface area contributed by atoms with Crippen LogP contribution in [0, 0.1) is 0 Å². The molecule has 0 saturated heterocycles. The smallest absolute Gasteiger partial charge is 0.238 e. The van der Waals surface area contributed by atoms with Crippen LogP contribution in [0.15, 0.2) is 23.1 Å². The zero-order valence-corrected chi connectivity index (χ0v) is 9.57. The Balaban J connectivity index is 2.56. The van der Waals surface area contributed by atoms with Crippen LogP contribution in [0.1, 0.15) is 12.5 Å². The summed E-state index contributed by atoms with van der Waals surface area (Å²) in [6.07, 6.45) is 1.45. The summed E-state index contributed by atoms with van der Waals surface area (Å²) in [6, 6.07) is 4.68. The molecule has 5 nitrogen and oxygen atoms in total. The van der Waals surface area contributed by atoms with Crippen molar-refractivity contribution in [2.24, 2.45) is 5.14 Å². The SMILES string of the molecule is CC1Cc2ccc(S(N)(=O)=O)cc2N1C=O. The van der Waals surface area contributed by atoms with Crippen molar-refractivity contribution in [3.8, 4) is 0 Å². The highest BCUT2D eigenvalue weighted by atomic mass is 32.2. The van der Waals surface area contributed by atoms with E-state index in [-0.39, 0.29) is 10.9 Å². The molecule has 0 fully saturated rings. The van der Waals surface area contributed by atoms with Crippen molar-refractivity contribution < 1.29 is 13.2 Å². The van der Waals surface area contributed by atoms with Gasteiger partial charge in [0.05, 0.1) is 4.90 Å². The van der Waals surface area contributed by atoms with Crippen LogP contribution in [-0.4, -0.2) is 20.9 Å². The first-order chi connectivity index (χ1) is 7.43. The van der Waals surface area contributed by atoms with E-state index < -0.39 is 10.0 Å². The summed E-state index contributed by atoms with van der Waals surface area (Å²) in [6.45, 7) is 1.91. The molecule has 1 atom stereocenters. The fourth-order valence-corrected chi connectivity index (χ4v) is 2.48. The minimum absolute atomic E-state index is 0.0344. The topological polar surface area (TPSA) is 80.5 Å². The number of carbonyl (C=O) groups is 1. The quantitative estimate of drug-likeness (QED) is 0.752. The maximum absolute atomic E-state index is 11.2. The van der Waals surface area contributed by atoms with Crippen molar-refractivity contribution in [3.05, 3.63) is 23.8 Å². The number of rotatable bonds is 2. The molecule has 6 heteroatoms. The van der Waals surface area contributed by atoms with Gasteiger partial charge in [-0.05, 0) is 31.0 Å². The van der Waals surface area contributed by atoms with Crippen LogP contribution >= 0.6 is 0 Å². The molecule has 1 aliphatic rings. The summed E-state index contributed by atoms with van der Waals surface area (Å²) in [5, 5.41) is 5.04. The monoisotopic (exact) mass is 240 g/mol. The van der Waals surface area contributed by atoms with Crippen LogP contribution in [0.2, 0.25) is 0 Å². The first-order valence-electron chi connectivity index (χ1n) is 4.83. The summed E-state index contributed by atoms with van der Waals surface area (Å²) in [7, 11) is -3.72. The molecule has 0 aliphatic carbocycles. The van der Waals surface area contributed by atoms with E-state index in [9.17, 15) is 13.2 Å². The number of nitrogens with zero attached hydrogens (tertiary/aromatic N) is 1. The van der Waals surface area contributed by atoms with Gasteiger partial charge in [0.1, 0.15) is 0 Å². The Morgan fingerprint density at radius 1 is 1.50 bits per heavy atom. The Labute approximate surface area is 93.9 Å². The molecular weight excluding hydrogens is 228 g/mol. The van der Waals surface area contributed by atoms with E-state index in [2.05, 4.69) is 0 Å². The number of nitrogens with two attached hydrogens (primary N) is 1. The van der Waals surface area contributed by atoms with Crippen LogP contribution in [-0.2, 0) is 21.2 Å². The Hall–Kier alpha value is -1.40. The van der Waals surface area contributed by atoms with Crippen LogP contribution in [0.5, 0.6) is 0 Å². The molecule has 0 saturated carbocycles. The van der Waals surface area contributed by atoms with Crippen LogP contribution in [0.25, 0.3) is 0 Å². The number of benzene rings is 1. The molecule has 1 amide bonds. The normalized spacial score (nSPS) is 19.6. The number of primary sulfonamides is 1. The molecule has 1 aliphatic heterocycles. The second kappa shape index (κ2) is 3.57. The Morgan fingerprint density at radius 2 is 2.19 bits per heavy atom. The van der Waals surface area contributed by atoms with E-state index in [4.69, 9.17) is 5.14 Å². The summed E-state index contributed by atoms with van der Waals surface area (Å²) < 4.78 is 22.4. The first kappa shape index (κ1) is 11.1. The second-order valence-electron chi connectivity index (χ2n) is 3.90. The van der Waals surface area contributed by atoms with Crippen molar-refractivity contribution in [1.29, 1.82) is 0 Å². The van der Waals surface area contributed by atoms with Crippen molar-refractivity contribution >= 4 is 22.1 Å². The minimum atomic E-state index is -3.72. The number of amides is 1. The summed E-state index contributed by atoms with van der Waals surface area (Å²) in [5.74, 6) is 0. The molecule has 1 heterocycles. The molecule has 1 unspecified atom stereocenters. The predicted molar refractivity (Wildman–Crippen MR) is 59.5 cm³/mol. The van der Waals surface area contributed by atoms with Crippen LogP contribution < -0.4 is 10.0 Å². The van der Waals surface area contributed by atoms with E-state index >= 15 is 0 Å². The van der Waals surface area contributed by atoms with Gasteiger partial charge in [0.2, 0.25) is 16.4 Å². The van der Waals surface area contributed by atoms with Gasteiger partial charge in [0, 0.05) is 11.7 Å². The van der Waals surface area contributed by atoms with Crippen molar-refractivity contribution in [2.45, 2.75) is 24.3 Å². The maximum Gasteiger partial charge on any atom is 0.238 e. The van der Waals surface area contributed by atoms with Gasteiger partial charge in [0.25, 0.3) is 0 Å². The highest BCUT2D eigenvalue weighted by Gasteiger charge is 2.26. The molecule has 2 N–H and O–H groups in total. The van der Waals surface area contributed by atoms with Crippen LogP contribution in [0.3, 0.4) is 0 Å². The number of hydrogen-bond donors (Lipinski definition) is 1. The van der Waals surface area contributed by atoms with E-state index in [1.165, 1.54) is 17.0 Å². The fourth-order valence-electron chi connectivity index (χ4n) is 1.95. The second-order valence-corrected chi connectivity index (χ2v) is 5.46. The van der Waals surface area contributed by atoms with E-state index in [0.717, 1.165) is 12.0 Å². The Bertz CT molecular complexity index is 539. The minimum Gasteiger partial charge on any atom is -0.312 e. The highest BCUT2D eigenvalue weighted by molar-refractivity contribution is 7.89. The third-order valence-electron chi connectivity index (χ3n) is 2.77. The van der Waals surface area contributed by atoms with Gasteiger partial charge in [-0.1, -0.05) is 6.07 Å². The standard InChI is InChI=1S/C10H12N2O3S/c1-7-4-8-2-3-9(16(11,14)15)5-10(8)12(7)6-13/h2-3,5-7H,4H2,1H3,(H2,11,14,15). The van der Waals surface area contributed by atoms with E-state index in [1.54, 1.807) is 6.07 Å². The molecule has 1 aromatic carbocycles. The Kier molecular flexibility index (Phi) is 2.47. The van der Waals surface area contributed by atoms with Gasteiger partial charge in [-0.2, -0.15) is 0 Å². The van der Waals surface area contributed by atoms with Gasteiger partial charge < -0.3 is 4.90 Å². The van der Waals surface area contributed by atoms with Crippen molar-refractivity contribution in [3.63, 3.8) is 0 Å². The van der Waals surface area contributed by atoms with Crippen LogP contribution in [0.4, 0.5) is 5.69 Å². The molecule has 0 bridgehead atoms. The zero-order chi connectivity index (χ0) is 11.9. The highest BCUT2D eigenvalue weighted by Crippen LogP contribution is 2.32. The van der Waals surface area contributed by atoms with Gasteiger partial charge >= 0.3 is 0 Å². The fraction of sp³-hybridized carbons (Fsp3) is 0.300. The van der Waals surface area contributed by atoms with Gasteiger partial charge in [-0.3, -0.25) is 4.79 Å². The number of carbonyl (C=O) groups excluding carboxylic acids is 1. The molecule has 0 radical (unpaired) electrons. The van der Waals surface area contributed by atoms with Gasteiger partial charge in [0.15, 0.2) is 0 Å². The van der Waals surface area contributed by atoms with E-state index in [0.29, 0.717) is 12.1 Å². The summed E-state index contributed by atoms with van der Waals surface area (Å²) >= 11 is 0.